The molecule has 22 heavy (non-hydrogen) atoms. The van der Waals surface area contributed by atoms with Crippen LogP contribution < -0.4 is 15.4 Å². The van der Waals surface area contributed by atoms with Gasteiger partial charge < -0.3 is 15.4 Å². The zero-order valence-electron chi connectivity index (χ0n) is 13.6. The highest BCUT2D eigenvalue weighted by molar-refractivity contribution is 5.85. The molecule has 0 aliphatic carbocycles. The maximum absolute atomic E-state index is 11.9. The molecule has 0 spiro atoms. The summed E-state index contributed by atoms with van der Waals surface area (Å²) in [6.45, 7) is 8.47. The molecule has 1 aliphatic heterocycles. The van der Waals surface area contributed by atoms with Crippen LogP contribution in [-0.4, -0.2) is 31.6 Å². The lowest BCUT2D eigenvalue weighted by Crippen LogP contribution is -2.49. The lowest BCUT2D eigenvalue weighted by Gasteiger charge is -2.30. The van der Waals surface area contributed by atoms with Crippen LogP contribution in [0.1, 0.15) is 38.7 Å². The van der Waals surface area contributed by atoms with Crippen molar-refractivity contribution in [3.05, 3.63) is 29.8 Å². The van der Waals surface area contributed by atoms with Crippen LogP contribution in [0.5, 0.6) is 5.75 Å². The van der Waals surface area contributed by atoms with Gasteiger partial charge in [0.15, 0.2) is 6.61 Å². The number of hydrogen-bond donors (Lipinski definition) is 2. The number of halogens is 1. The molecule has 2 unspecified atom stereocenters. The number of piperidine rings is 1. The van der Waals surface area contributed by atoms with Gasteiger partial charge in [-0.05, 0) is 49.0 Å². The fraction of sp³-hybridized carbons (Fsp3) is 0.588. The van der Waals surface area contributed by atoms with Crippen LogP contribution in [0, 0.1) is 5.92 Å². The molecular weight excluding hydrogens is 300 g/mol. The van der Waals surface area contributed by atoms with Gasteiger partial charge in [0, 0.05) is 6.04 Å². The van der Waals surface area contributed by atoms with E-state index in [2.05, 4.69) is 31.4 Å². The minimum Gasteiger partial charge on any atom is -0.484 e. The largest absolute Gasteiger partial charge is 0.484 e. The molecule has 1 aromatic rings. The smallest absolute Gasteiger partial charge is 0.258 e. The predicted molar refractivity (Wildman–Crippen MR) is 91.9 cm³/mol. The SMILES string of the molecule is CC(C)c1ccc(OCC(=O)NC2CCNCC2C)cc1.Cl. The lowest BCUT2D eigenvalue weighted by atomic mass is 9.95. The second-order valence-corrected chi connectivity index (χ2v) is 6.16. The lowest BCUT2D eigenvalue weighted by molar-refractivity contribution is -0.124. The van der Waals surface area contributed by atoms with Crippen molar-refractivity contribution in [1.82, 2.24) is 10.6 Å². The first kappa shape index (κ1) is 18.8. The first-order valence-corrected chi connectivity index (χ1v) is 7.79. The van der Waals surface area contributed by atoms with Gasteiger partial charge in [-0.1, -0.05) is 32.9 Å². The van der Waals surface area contributed by atoms with E-state index in [4.69, 9.17) is 4.74 Å². The molecule has 5 heteroatoms. The number of rotatable bonds is 5. The fourth-order valence-corrected chi connectivity index (χ4v) is 2.57. The van der Waals surface area contributed by atoms with Gasteiger partial charge in [-0.25, -0.2) is 0 Å². The van der Waals surface area contributed by atoms with Crippen LogP contribution in [0.2, 0.25) is 0 Å². The molecule has 1 aliphatic rings. The van der Waals surface area contributed by atoms with E-state index in [1.54, 1.807) is 0 Å². The third-order valence-electron chi connectivity index (χ3n) is 4.05. The average molecular weight is 327 g/mol. The van der Waals surface area contributed by atoms with Crippen molar-refractivity contribution in [2.24, 2.45) is 5.92 Å². The zero-order chi connectivity index (χ0) is 15.2. The number of carbonyl (C=O) groups excluding carboxylic acids is 1. The molecule has 1 amide bonds. The molecule has 2 N–H and O–H groups in total. The summed E-state index contributed by atoms with van der Waals surface area (Å²) >= 11 is 0. The van der Waals surface area contributed by atoms with Gasteiger partial charge in [0.25, 0.3) is 5.91 Å². The highest BCUT2D eigenvalue weighted by Crippen LogP contribution is 2.18. The maximum Gasteiger partial charge on any atom is 0.258 e. The van der Waals surface area contributed by atoms with Crippen molar-refractivity contribution < 1.29 is 9.53 Å². The molecule has 1 aromatic carbocycles. The van der Waals surface area contributed by atoms with Crippen molar-refractivity contribution in [1.29, 1.82) is 0 Å². The average Bonchev–Trinajstić information content (AvgIpc) is 2.48. The van der Waals surface area contributed by atoms with E-state index in [0.717, 1.165) is 25.3 Å². The Labute approximate surface area is 139 Å². The minimum atomic E-state index is -0.0401. The van der Waals surface area contributed by atoms with Crippen LogP contribution in [-0.2, 0) is 4.79 Å². The number of benzene rings is 1. The normalized spacial score (nSPS) is 21.1. The first-order valence-electron chi connectivity index (χ1n) is 7.79. The summed E-state index contributed by atoms with van der Waals surface area (Å²) < 4.78 is 5.55. The Morgan fingerprint density at radius 1 is 1.36 bits per heavy atom. The molecule has 2 atom stereocenters. The van der Waals surface area contributed by atoms with Crippen LogP contribution in [0.25, 0.3) is 0 Å². The van der Waals surface area contributed by atoms with Gasteiger partial charge in [0.05, 0.1) is 0 Å². The molecule has 124 valence electrons. The number of amides is 1. The molecule has 4 nitrogen and oxygen atoms in total. The van der Waals surface area contributed by atoms with Crippen molar-refractivity contribution in [3.8, 4) is 5.75 Å². The standard InChI is InChI=1S/C17H26N2O2.ClH/c1-12(2)14-4-6-15(7-5-14)21-11-17(20)19-16-8-9-18-10-13(16)3;/h4-7,12-13,16,18H,8-11H2,1-3H3,(H,19,20);1H. The fourth-order valence-electron chi connectivity index (χ4n) is 2.57. The molecule has 1 saturated heterocycles. The third kappa shape index (κ3) is 5.50. The van der Waals surface area contributed by atoms with E-state index in [9.17, 15) is 4.79 Å². The van der Waals surface area contributed by atoms with Crippen LogP contribution >= 0.6 is 12.4 Å². The Morgan fingerprint density at radius 3 is 2.64 bits per heavy atom. The summed E-state index contributed by atoms with van der Waals surface area (Å²) in [5.41, 5.74) is 1.27. The molecule has 0 saturated carbocycles. The molecule has 0 radical (unpaired) electrons. The van der Waals surface area contributed by atoms with Gasteiger partial charge in [0.1, 0.15) is 5.75 Å². The summed E-state index contributed by atoms with van der Waals surface area (Å²) in [6, 6.07) is 8.20. The van der Waals surface area contributed by atoms with Crippen LogP contribution in [0.15, 0.2) is 24.3 Å². The van der Waals surface area contributed by atoms with Gasteiger partial charge in [-0.15, -0.1) is 12.4 Å². The van der Waals surface area contributed by atoms with Crippen molar-refractivity contribution in [2.75, 3.05) is 19.7 Å². The second kappa shape index (κ2) is 9.01. The minimum absolute atomic E-state index is 0. The van der Waals surface area contributed by atoms with Crippen molar-refractivity contribution in [3.63, 3.8) is 0 Å². The van der Waals surface area contributed by atoms with E-state index in [-0.39, 0.29) is 31.0 Å². The van der Waals surface area contributed by atoms with Gasteiger partial charge >= 0.3 is 0 Å². The van der Waals surface area contributed by atoms with Gasteiger partial charge in [0.2, 0.25) is 0 Å². The number of hydrogen-bond acceptors (Lipinski definition) is 3. The Morgan fingerprint density at radius 2 is 2.05 bits per heavy atom. The van der Waals surface area contributed by atoms with Crippen molar-refractivity contribution >= 4 is 18.3 Å². The summed E-state index contributed by atoms with van der Waals surface area (Å²) in [4.78, 5) is 11.9. The Balaban J connectivity index is 0.00000242. The highest BCUT2D eigenvalue weighted by atomic mass is 35.5. The number of nitrogens with one attached hydrogen (secondary N) is 2. The third-order valence-corrected chi connectivity index (χ3v) is 4.05. The van der Waals surface area contributed by atoms with Gasteiger partial charge in [-0.3, -0.25) is 4.79 Å². The Hall–Kier alpha value is -1.26. The Kier molecular flexibility index (Phi) is 7.69. The zero-order valence-corrected chi connectivity index (χ0v) is 14.4. The summed E-state index contributed by atoms with van der Waals surface area (Å²) in [5, 5.41) is 6.39. The topological polar surface area (TPSA) is 50.4 Å². The first-order chi connectivity index (χ1) is 10.1. The van der Waals surface area contributed by atoms with E-state index in [0.29, 0.717) is 11.8 Å². The van der Waals surface area contributed by atoms with E-state index >= 15 is 0 Å². The van der Waals surface area contributed by atoms with E-state index in [1.165, 1.54) is 5.56 Å². The molecule has 1 fully saturated rings. The maximum atomic E-state index is 11.9. The quantitative estimate of drug-likeness (QED) is 0.874. The summed E-state index contributed by atoms with van der Waals surface area (Å²) in [5.74, 6) is 1.67. The predicted octanol–water partition coefficient (Wildman–Crippen LogP) is 2.72. The van der Waals surface area contributed by atoms with Crippen LogP contribution in [0.3, 0.4) is 0 Å². The Bertz CT molecular complexity index is 462. The molecule has 2 rings (SSSR count). The van der Waals surface area contributed by atoms with E-state index in [1.807, 2.05) is 24.3 Å². The number of ether oxygens (including phenoxy) is 1. The van der Waals surface area contributed by atoms with E-state index < -0.39 is 0 Å². The second-order valence-electron chi connectivity index (χ2n) is 6.16. The summed E-state index contributed by atoms with van der Waals surface area (Å²) in [7, 11) is 0. The van der Waals surface area contributed by atoms with Crippen LogP contribution in [0.4, 0.5) is 0 Å². The van der Waals surface area contributed by atoms with Gasteiger partial charge in [-0.2, -0.15) is 0 Å². The molecule has 0 bridgehead atoms. The summed E-state index contributed by atoms with van der Waals surface area (Å²) in [6.07, 6.45) is 0.982. The molecule has 1 heterocycles. The highest BCUT2D eigenvalue weighted by Gasteiger charge is 2.22. The molecular formula is C17H27ClN2O2. The molecule has 0 aromatic heterocycles. The monoisotopic (exact) mass is 326 g/mol. The number of carbonyl (C=O) groups is 1. The van der Waals surface area contributed by atoms with Crippen molar-refractivity contribution in [2.45, 2.75) is 39.2 Å².